The van der Waals surface area contributed by atoms with E-state index in [0.717, 1.165) is 12.3 Å². The van der Waals surface area contributed by atoms with E-state index in [0.29, 0.717) is 0 Å². The van der Waals surface area contributed by atoms with Crippen molar-refractivity contribution in [1.82, 2.24) is 4.57 Å². The molecular weight excluding hydrogens is 306 g/mol. The van der Waals surface area contributed by atoms with Crippen LogP contribution in [0.5, 0.6) is 5.75 Å². The lowest BCUT2D eigenvalue weighted by atomic mass is 9.98. The minimum atomic E-state index is 0.217. The number of ether oxygens (including phenoxy) is 1. The van der Waals surface area contributed by atoms with Crippen LogP contribution in [0.15, 0.2) is 85.5 Å². The van der Waals surface area contributed by atoms with Crippen molar-refractivity contribution in [1.29, 1.82) is 0 Å². The van der Waals surface area contributed by atoms with Gasteiger partial charge in [0.1, 0.15) is 5.75 Å². The van der Waals surface area contributed by atoms with E-state index >= 15 is 0 Å². The number of hydrogen-bond acceptors (Lipinski definition) is 1. The molecule has 0 aliphatic carbocycles. The molecule has 0 aliphatic rings. The molecule has 25 heavy (non-hydrogen) atoms. The summed E-state index contributed by atoms with van der Waals surface area (Å²) in [5.74, 6) is 1.10. The van der Waals surface area contributed by atoms with Crippen LogP contribution in [0.4, 0.5) is 0 Å². The van der Waals surface area contributed by atoms with E-state index in [4.69, 9.17) is 4.74 Å². The molecule has 4 aromatic rings. The lowest BCUT2D eigenvalue weighted by molar-refractivity contribution is 0.414. The van der Waals surface area contributed by atoms with Crippen molar-refractivity contribution in [3.8, 4) is 5.75 Å². The number of nitrogens with zero attached hydrogens (tertiary/aromatic N) is 1. The Kier molecular flexibility index (Phi) is 4.02. The number of para-hydroxylation sites is 2. The van der Waals surface area contributed by atoms with E-state index < -0.39 is 0 Å². The number of benzene rings is 3. The van der Waals surface area contributed by atoms with Gasteiger partial charge in [-0.15, -0.1) is 6.58 Å². The third kappa shape index (κ3) is 2.70. The minimum Gasteiger partial charge on any atom is -0.497 e. The quantitative estimate of drug-likeness (QED) is 0.424. The van der Waals surface area contributed by atoms with Crippen molar-refractivity contribution in [2.24, 2.45) is 0 Å². The molecule has 0 saturated carbocycles. The molecule has 0 radical (unpaired) electrons. The molecule has 0 saturated heterocycles. The normalized spacial score (nSPS) is 12.4. The monoisotopic (exact) mass is 327 g/mol. The maximum atomic E-state index is 5.38. The van der Waals surface area contributed by atoms with Gasteiger partial charge in [-0.3, -0.25) is 0 Å². The molecule has 2 nitrogen and oxygen atoms in total. The summed E-state index contributed by atoms with van der Waals surface area (Å²) in [6, 6.07) is 25.5. The highest BCUT2D eigenvalue weighted by Crippen LogP contribution is 2.32. The van der Waals surface area contributed by atoms with Gasteiger partial charge in [0.05, 0.1) is 7.11 Å². The fourth-order valence-corrected chi connectivity index (χ4v) is 3.58. The van der Waals surface area contributed by atoms with Crippen LogP contribution < -0.4 is 4.74 Å². The third-order valence-electron chi connectivity index (χ3n) is 4.87. The average molecular weight is 327 g/mol. The van der Waals surface area contributed by atoms with Gasteiger partial charge in [0.2, 0.25) is 0 Å². The number of methoxy groups -OCH3 is 1. The Morgan fingerprint density at radius 3 is 2.16 bits per heavy atom. The first kappa shape index (κ1) is 15.5. The predicted molar refractivity (Wildman–Crippen MR) is 105 cm³/mol. The fourth-order valence-electron chi connectivity index (χ4n) is 3.58. The van der Waals surface area contributed by atoms with Gasteiger partial charge in [0, 0.05) is 34.3 Å². The van der Waals surface area contributed by atoms with Gasteiger partial charge in [-0.25, -0.2) is 0 Å². The highest BCUT2D eigenvalue weighted by molar-refractivity contribution is 6.07. The topological polar surface area (TPSA) is 14.2 Å². The van der Waals surface area contributed by atoms with Crippen molar-refractivity contribution in [3.05, 3.63) is 91.0 Å². The van der Waals surface area contributed by atoms with Crippen LogP contribution in [0.1, 0.15) is 11.5 Å². The van der Waals surface area contributed by atoms with Crippen molar-refractivity contribution in [3.63, 3.8) is 0 Å². The van der Waals surface area contributed by atoms with Gasteiger partial charge < -0.3 is 9.30 Å². The number of hydrogen-bond donors (Lipinski definition) is 0. The second kappa shape index (κ2) is 6.48. The van der Waals surface area contributed by atoms with E-state index in [2.05, 4.69) is 71.8 Å². The van der Waals surface area contributed by atoms with E-state index in [-0.39, 0.29) is 5.92 Å². The molecule has 0 spiro atoms. The smallest absolute Gasteiger partial charge is 0.119 e. The summed E-state index contributed by atoms with van der Waals surface area (Å²) in [5, 5.41) is 2.60. The molecule has 0 unspecified atom stereocenters. The summed E-state index contributed by atoms with van der Waals surface area (Å²) in [4.78, 5) is 0. The van der Waals surface area contributed by atoms with Gasteiger partial charge in [-0.05, 0) is 29.8 Å². The minimum absolute atomic E-state index is 0.217. The highest BCUT2D eigenvalue weighted by atomic mass is 16.5. The van der Waals surface area contributed by atoms with Crippen molar-refractivity contribution in [2.45, 2.75) is 12.5 Å². The van der Waals surface area contributed by atoms with Crippen LogP contribution in [0.3, 0.4) is 0 Å². The first-order valence-corrected chi connectivity index (χ1v) is 8.54. The first-order valence-electron chi connectivity index (χ1n) is 8.54. The molecule has 0 N–H and O–H groups in total. The summed E-state index contributed by atoms with van der Waals surface area (Å²) < 4.78 is 7.78. The van der Waals surface area contributed by atoms with Crippen LogP contribution in [0.2, 0.25) is 0 Å². The van der Waals surface area contributed by atoms with Crippen LogP contribution in [0.25, 0.3) is 21.8 Å². The average Bonchev–Trinajstić information content (AvgIpc) is 3.00. The zero-order chi connectivity index (χ0) is 17.2. The molecule has 0 amide bonds. The maximum Gasteiger partial charge on any atom is 0.119 e. The zero-order valence-electron chi connectivity index (χ0n) is 14.4. The Balaban J connectivity index is 1.84. The Morgan fingerprint density at radius 1 is 0.920 bits per heavy atom. The van der Waals surface area contributed by atoms with Gasteiger partial charge in [-0.2, -0.15) is 0 Å². The Bertz CT molecular complexity index is 991. The summed E-state index contributed by atoms with van der Waals surface area (Å²) in [6.45, 7) is 4.93. The van der Waals surface area contributed by atoms with Gasteiger partial charge >= 0.3 is 0 Å². The molecule has 124 valence electrons. The van der Waals surface area contributed by atoms with Crippen LogP contribution in [-0.4, -0.2) is 11.7 Å². The first-order chi connectivity index (χ1) is 12.3. The Morgan fingerprint density at radius 2 is 1.56 bits per heavy atom. The maximum absolute atomic E-state index is 5.38. The van der Waals surface area contributed by atoms with E-state index in [1.807, 2.05) is 18.2 Å². The lowest BCUT2D eigenvalue weighted by Crippen LogP contribution is -2.07. The summed E-state index contributed by atoms with van der Waals surface area (Å²) in [6.07, 6.45) is 2.03. The largest absolute Gasteiger partial charge is 0.497 e. The second-order valence-electron chi connectivity index (χ2n) is 6.26. The van der Waals surface area contributed by atoms with E-state index in [9.17, 15) is 0 Å². The summed E-state index contributed by atoms with van der Waals surface area (Å²) in [5.41, 5.74) is 3.74. The number of rotatable bonds is 5. The number of fused-ring (bicyclic) bond motifs is 3. The van der Waals surface area contributed by atoms with E-state index in [1.54, 1.807) is 7.11 Å². The molecule has 4 rings (SSSR count). The van der Waals surface area contributed by atoms with Gasteiger partial charge in [-0.1, -0.05) is 54.6 Å². The Hall–Kier alpha value is -3.00. The standard InChI is InChI=1S/C23H21NO/c1-3-17(18-9-8-10-19(15-18)25-2)16-24-22-13-6-4-11-20(22)21-12-5-7-14-23(21)24/h3-15,17H,1,16H2,2H3/t17-/m1/s1. The SMILES string of the molecule is C=C[C@H](Cn1c2ccccc2c2ccccc21)c1cccc(OC)c1. The molecule has 1 atom stereocenters. The van der Waals surface area contributed by atoms with Crippen LogP contribution >= 0.6 is 0 Å². The highest BCUT2D eigenvalue weighted by Gasteiger charge is 2.15. The zero-order valence-corrected chi connectivity index (χ0v) is 14.4. The second-order valence-corrected chi connectivity index (χ2v) is 6.26. The molecule has 2 heteroatoms. The summed E-state index contributed by atoms with van der Waals surface area (Å²) in [7, 11) is 1.70. The van der Waals surface area contributed by atoms with Crippen molar-refractivity contribution in [2.75, 3.05) is 7.11 Å². The molecule has 1 aromatic heterocycles. The molecule has 3 aromatic carbocycles. The van der Waals surface area contributed by atoms with E-state index in [1.165, 1.54) is 27.4 Å². The molecule has 1 heterocycles. The lowest BCUT2D eigenvalue weighted by Gasteiger charge is -2.17. The van der Waals surface area contributed by atoms with Crippen LogP contribution in [0, 0.1) is 0 Å². The molecule has 0 fully saturated rings. The fraction of sp³-hybridized carbons (Fsp3) is 0.130. The van der Waals surface area contributed by atoms with Crippen molar-refractivity contribution >= 4 is 21.8 Å². The number of aromatic nitrogens is 1. The van der Waals surface area contributed by atoms with Gasteiger partial charge in [0.15, 0.2) is 0 Å². The molecule has 0 aliphatic heterocycles. The molecular formula is C23H21NO. The summed E-state index contributed by atoms with van der Waals surface area (Å²) >= 11 is 0. The third-order valence-corrected chi connectivity index (χ3v) is 4.87. The predicted octanol–water partition coefficient (Wildman–Crippen LogP) is 5.77. The Labute approximate surface area is 148 Å². The number of allylic oxidation sites excluding steroid dienone is 1. The molecule has 0 bridgehead atoms. The van der Waals surface area contributed by atoms with Gasteiger partial charge in [0.25, 0.3) is 0 Å². The van der Waals surface area contributed by atoms with Crippen molar-refractivity contribution < 1.29 is 4.74 Å². The van der Waals surface area contributed by atoms with Crippen LogP contribution in [-0.2, 0) is 6.54 Å².